The number of fused-ring (bicyclic) bond motifs is 1. The molecule has 0 aliphatic carbocycles. The number of carbonyl (C=O) groups is 1. The smallest absolute Gasteiger partial charge is 0.256 e. The summed E-state index contributed by atoms with van der Waals surface area (Å²) in [6, 6.07) is 10.1. The second-order valence-electron chi connectivity index (χ2n) is 5.51. The minimum atomic E-state index is 0.136. The largest absolute Gasteiger partial charge is 0.336 e. The molecule has 1 amide bonds. The Hall–Kier alpha value is -1.42. The molecule has 1 aliphatic heterocycles. The third-order valence-corrected chi connectivity index (χ3v) is 4.73. The molecule has 2 heterocycles. The van der Waals surface area contributed by atoms with Crippen LogP contribution in [0.5, 0.6) is 0 Å². The molecule has 1 unspecified atom stereocenters. The van der Waals surface area contributed by atoms with Crippen LogP contribution in [0, 0.1) is 0 Å². The van der Waals surface area contributed by atoms with Gasteiger partial charge in [-0.3, -0.25) is 9.78 Å². The minimum Gasteiger partial charge on any atom is -0.336 e. The lowest BCUT2D eigenvalue weighted by molar-refractivity contribution is 0.0732. The highest BCUT2D eigenvalue weighted by atomic mass is 79.9. The summed E-state index contributed by atoms with van der Waals surface area (Å²) in [5.41, 5.74) is 1.55. The summed E-state index contributed by atoms with van der Waals surface area (Å²) in [6.07, 6.45) is 6.18. The molecule has 1 fully saturated rings. The number of hydrogen-bond donors (Lipinski definition) is 0. The Morgan fingerprint density at radius 3 is 3.05 bits per heavy atom. The number of rotatable bonds is 4. The second-order valence-corrected chi connectivity index (χ2v) is 6.30. The molecule has 1 aliphatic rings. The number of amides is 1. The van der Waals surface area contributed by atoms with Gasteiger partial charge in [0.1, 0.15) is 0 Å². The number of nitrogens with zero attached hydrogens (tertiary/aromatic N) is 2. The Morgan fingerprint density at radius 1 is 1.33 bits per heavy atom. The number of pyridine rings is 1. The molecule has 0 bridgehead atoms. The highest BCUT2D eigenvalue weighted by Crippen LogP contribution is 2.26. The van der Waals surface area contributed by atoms with Crippen LogP contribution in [-0.2, 0) is 0 Å². The first kappa shape index (κ1) is 14.5. The van der Waals surface area contributed by atoms with Crippen molar-refractivity contribution in [1.82, 2.24) is 9.88 Å². The van der Waals surface area contributed by atoms with E-state index in [-0.39, 0.29) is 5.91 Å². The number of benzene rings is 1. The highest BCUT2D eigenvalue weighted by Gasteiger charge is 2.29. The molecule has 0 spiro atoms. The predicted molar refractivity (Wildman–Crippen MR) is 88.8 cm³/mol. The van der Waals surface area contributed by atoms with Crippen LogP contribution in [0.3, 0.4) is 0 Å². The fraction of sp³-hybridized carbons (Fsp3) is 0.412. The average molecular weight is 347 g/mol. The molecule has 3 nitrogen and oxygen atoms in total. The number of para-hydroxylation sites is 1. The number of alkyl halides is 1. The Balaban J connectivity index is 1.89. The van der Waals surface area contributed by atoms with E-state index in [1.807, 2.05) is 35.2 Å². The van der Waals surface area contributed by atoms with Crippen LogP contribution in [0.15, 0.2) is 36.5 Å². The third-order valence-electron chi connectivity index (χ3n) is 4.17. The van der Waals surface area contributed by atoms with E-state index in [1.54, 1.807) is 6.20 Å². The fourth-order valence-electron chi connectivity index (χ4n) is 3.15. The van der Waals surface area contributed by atoms with Crippen LogP contribution in [0.2, 0.25) is 0 Å². The second kappa shape index (κ2) is 6.56. The average Bonchev–Trinajstić information content (AvgIpc) is 3.00. The lowest BCUT2D eigenvalue weighted by Crippen LogP contribution is -2.35. The number of halogens is 1. The lowest BCUT2D eigenvalue weighted by Gasteiger charge is -2.25. The van der Waals surface area contributed by atoms with Crippen LogP contribution < -0.4 is 0 Å². The van der Waals surface area contributed by atoms with Crippen LogP contribution in [0.25, 0.3) is 10.9 Å². The molecule has 2 aromatic rings. The Kier molecular flexibility index (Phi) is 4.54. The van der Waals surface area contributed by atoms with E-state index in [9.17, 15) is 4.79 Å². The summed E-state index contributed by atoms with van der Waals surface area (Å²) in [5, 5.41) is 2.03. The molecule has 4 heteroatoms. The van der Waals surface area contributed by atoms with Gasteiger partial charge >= 0.3 is 0 Å². The van der Waals surface area contributed by atoms with Crippen LogP contribution in [-0.4, -0.2) is 33.7 Å². The van der Waals surface area contributed by atoms with Crippen molar-refractivity contribution in [3.8, 4) is 0 Å². The molecule has 1 saturated heterocycles. The summed E-state index contributed by atoms with van der Waals surface area (Å²) >= 11 is 3.48. The summed E-state index contributed by atoms with van der Waals surface area (Å²) in [4.78, 5) is 19.4. The number of likely N-dealkylation sites (tertiary alicyclic amines) is 1. The van der Waals surface area contributed by atoms with Crippen molar-refractivity contribution < 1.29 is 4.79 Å². The molecule has 1 aromatic heterocycles. The van der Waals surface area contributed by atoms with Gasteiger partial charge in [-0.25, -0.2) is 0 Å². The number of carbonyl (C=O) groups excluding carboxylic acids is 1. The van der Waals surface area contributed by atoms with Crippen molar-refractivity contribution in [2.45, 2.75) is 31.7 Å². The molecule has 110 valence electrons. The van der Waals surface area contributed by atoms with E-state index < -0.39 is 0 Å². The van der Waals surface area contributed by atoms with Gasteiger partial charge in [0.25, 0.3) is 5.91 Å². The van der Waals surface area contributed by atoms with Crippen molar-refractivity contribution in [3.63, 3.8) is 0 Å². The van der Waals surface area contributed by atoms with Gasteiger partial charge in [0.2, 0.25) is 0 Å². The van der Waals surface area contributed by atoms with Gasteiger partial charge in [0, 0.05) is 29.5 Å². The Labute approximate surface area is 133 Å². The zero-order valence-electron chi connectivity index (χ0n) is 12.0. The van der Waals surface area contributed by atoms with Crippen molar-refractivity contribution in [1.29, 1.82) is 0 Å². The zero-order chi connectivity index (χ0) is 14.7. The summed E-state index contributed by atoms with van der Waals surface area (Å²) in [6.45, 7) is 0.870. The normalized spacial score (nSPS) is 18.3. The first-order chi connectivity index (χ1) is 10.3. The van der Waals surface area contributed by atoms with Gasteiger partial charge in [-0.1, -0.05) is 34.1 Å². The molecule has 21 heavy (non-hydrogen) atoms. The summed E-state index contributed by atoms with van der Waals surface area (Å²) < 4.78 is 0. The standard InChI is InChI=1S/C17H19BrN2O/c18-10-2-7-14-8-4-12-20(14)17(21)15-9-1-5-13-6-3-11-19-16(13)15/h1,3,5-6,9,11,14H,2,4,7-8,10,12H2. The van der Waals surface area contributed by atoms with Crippen LogP contribution >= 0.6 is 15.9 Å². The van der Waals surface area contributed by atoms with Crippen molar-refractivity contribution >= 4 is 32.7 Å². The van der Waals surface area contributed by atoms with E-state index in [2.05, 4.69) is 20.9 Å². The number of aromatic nitrogens is 1. The summed E-state index contributed by atoms with van der Waals surface area (Å²) in [7, 11) is 0. The fourth-order valence-corrected chi connectivity index (χ4v) is 3.47. The minimum absolute atomic E-state index is 0.136. The molecule has 0 saturated carbocycles. The van der Waals surface area contributed by atoms with Gasteiger partial charge in [-0.15, -0.1) is 0 Å². The quantitative estimate of drug-likeness (QED) is 0.783. The van der Waals surface area contributed by atoms with Crippen LogP contribution in [0.1, 0.15) is 36.0 Å². The lowest BCUT2D eigenvalue weighted by atomic mass is 10.1. The first-order valence-electron chi connectivity index (χ1n) is 7.52. The van der Waals surface area contributed by atoms with Gasteiger partial charge in [0.15, 0.2) is 0 Å². The summed E-state index contributed by atoms with van der Waals surface area (Å²) in [5.74, 6) is 0.136. The van der Waals surface area contributed by atoms with Gasteiger partial charge in [0.05, 0.1) is 11.1 Å². The Morgan fingerprint density at radius 2 is 2.19 bits per heavy atom. The van der Waals surface area contributed by atoms with E-state index in [0.717, 1.165) is 54.0 Å². The maximum absolute atomic E-state index is 12.9. The molecule has 1 aromatic carbocycles. The molecular weight excluding hydrogens is 328 g/mol. The maximum Gasteiger partial charge on any atom is 0.256 e. The molecule has 3 rings (SSSR count). The van der Waals surface area contributed by atoms with E-state index in [1.165, 1.54) is 0 Å². The van der Waals surface area contributed by atoms with Crippen molar-refractivity contribution in [3.05, 3.63) is 42.1 Å². The first-order valence-corrected chi connectivity index (χ1v) is 8.64. The molecule has 1 atom stereocenters. The van der Waals surface area contributed by atoms with Gasteiger partial charge < -0.3 is 4.90 Å². The monoisotopic (exact) mass is 346 g/mol. The SMILES string of the molecule is O=C(c1cccc2cccnc12)N1CCCC1CCCBr. The third kappa shape index (κ3) is 2.95. The van der Waals surface area contributed by atoms with Crippen LogP contribution in [0.4, 0.5) is 0 Å². The van der Waals surface area contributed by atoms with Gasteiger partial charge in [-0.2, -0.15) is 0 Å². The molecule has 0 radical (unpaired) electrons. The number of hydrogen-bond acceptors (Lipinski definition) is 2. The van der Waals surface area contributed by atoms with Crippen molar-refractivity contribution in [2.24, 2.45) is 0 Å². The van der Waals surface area contributed by atoms with E-state index in [0.29, 0.717) is 6.04 Å². The van der Waals surface area contributed by atoms with E-state index >= 15 is 0 Å². The highest BCUT2D eigenvalue weighted by molar-refractivity contribution is 9.09. The zero-order valence-corrected chi connectivity index (χ0v) is 13.6. The topological polar surface area (TPSA) is 33.2 Å². The van der Waals surface area contributed by atoms with Crippen molar-refractivity contribution in [2.75, 3.05) is 11.9 Å². The van der Waals surface area contributed by atoms with Gasteiger partial charge in [-0.05, 0) is 37.8 Å². The molecular formula is C17H19BrN2O. The Bertz CT molecular complexity index is 638. The maximum atomic E-state index is 12.9. The molecule has 0 N–H and O–H groups in total. The predicted octanol–water partition coefficient (Wildman–Crippen LogP) is 4.01. The van der Waals surface area contributed by atoms with E-state index in [4.69, 9.17) is 0 Å².